The monoisotopic (exact) mass is 279 g/mol. The van der Waals surface area contributed by atoms with Gasteiger partial charge in [0, 0.05) is 11.6 Å². The Hall–Kier alpha value is -2.41. The second-order valence-corrected chi connectivity index (χ2v) is 5.59. The summed E-state index contributed by atoms with van der Waals surface area (Å²) in [6.45, 7) is 0. The summed E-state index contributed by atoms with van der Waals surface area (Å²) in [6, 6.07) is 11.8. The Labute approximate surface area is 123 Å². The first-order valence-electron chi connectivity index (χ1n) is 7.32. The first-order valence-corrected chi connectivity index (χ1v) is 7.32. The molecule has 1 aromatic heterocycles. The van der Waals surface area contributed by atoms with Gasteiger partial charge in [-0.05, 0) is 25.0 Å². The number of anilines is 1. The van der Waals surface area contributed by atoms with Crippen LogP contribution in [0.3, 0.4) is 0 Å². The van der Waals surface area contributed by atoms with Crippen LogP contribution in [0, 0.1) is 16.7 Å². The van der Waals surface area contributed by atoms with E-state index in [4.69, 9.17) is 0 Å². The van der Waals surface area contributed by atoms with Crippen LogP contribution in [0.25, 0.3) is 10.9 Å². The quantitative estimate of drug-likeness (QED) is 0.912. The van der Waals surface area contributed by atoms with Crippen molar-refractivity contribution in [2.24, 2.45) is 5.41 Å². The van der Waals surface area contributed by atoms with Crippen molar-refractivity contribution < 1.29 is 4.79 Å². The fourth-order valence-electron chi connectivity index (χ4n) is 2.99. The molecule has 21 heavy (non-hydrogen) atoms. The van der Waals surface area contributed by atoms with Crippen LogP contribution in [0.2, 0.25) is 0 Å². The second-order valence-electron chi connectivity index (χ2n) is 5.59. The minimum absolute atomic E-state index is 0.192. The van der Waals surface area contributed by atoms with Crippen LogP contribution >= 0.6 is 0 Å². The van der Waals surface area contributed by atoms with Crippen molar-refractivity contribution in [3.63, 3.8) is 0 Å². The Morgan fingerprint density at radius 3 is 2.71 bits per heavy atom. The molecule has 1 aliphatic carbocycles. The minimum Gasteiger partial charge on any atom is -0.323 e. The maximum Gasteiger partial charge on any atom is 0.244 e. The highest BCUT2D eigenvalue weighted by atomic mass is 16.2. The molecule has 0 atom stereocenters. The van der Waals surface area contributed by atoms with Gasteiger partial charge in [-0.2, -0.15) is 5.26 Å². The Bertz CT molecular complexity index is 706. The highest BCUT2D eigenvalue weighted by molar-refractivity contribution is 6.03. The van der Waals surface area contributed by atoms with Crippen molar-refractivity contribution in [1.82, 2.24) is 4.98 Å². The number of pyridine rings is 1. The van der Waals surface area contributed by atoms with E-state index in [9.17, 15) is 10.1 Å². The molecule has 4 nitrogen and oxygen atoms in total. The molecule has 0 spiro atoms. The number of carbonyl (C=O) groups excluding carboxylic acids is 1. The summed E-state index contributed by atoms with van der Waals surface area (Å²) in [5.74, 6) is -0.192. The summed E-state index contributed by atoms with van der Waals surface area (Å²) in [4.78, 5) is 16.9. The van der Waals surface area contributed by atoms with E-state index in [1.807, 2.05) is 30.3 Å². The molecular weight excluding hydrogens is 262 g/mol. The van der Waals surface area contributed by atoms with Crippen molar-refractivity contribution in [3.8, 4) is 6.07 Å². The van der Waals surface area contributed by atoms with E-state index in [0.29, 0.717) is 18.5 Å². The van der Waals surface area contributed by atoms with Gasteiger partial charge in [-0.15, -0.1) is 0 Å². The van der Waals surface area contributed by atoms with E-state index in [1.54, 1.807) is 6.20 Å². The van der Waals surface area contributed by atoms with E-state index in [2.05, 4.69) is 16.4 Å². The lowest BCUT2D eigenvalue weighted by atomic mass is 9.74. The van der Waals surface area contributed by atoms with Crippen LogP contribution in [-0.4, -0.2) is 10.9 Å². The minimum atomic E-state index is -0.880. The second kappa shape index (κ2) is 5.53. The lowest BCUT2D eigenvalue weighted by molar-refractivity contribution is -0.124. The Kier molecular flexibility index (Phi) is 3.57. The fourth-order valence-corrected chi connectivity index (χ4v) is 2.99. The topological polar surface area (TPSA) is 65.8 Å². The summed E-state index contributed by atoms with van der Waals surface area (Å²) >= 11 is 0. The van der Waals surface area contributed by atoms with Crippen molar-refractivity contribution >= 4 is 22.5 Å². The predicted molar refractivity (Wildman–Crippen MR) is 81.5 cm³/mol. The zero-order valence-corrected chi connectivity index (χ0v) is 11.8. The SMILES string of the molecule is N#CC1(C(=O)Nc2cccc3cccnc23)CCCCC1. The molecule has 4 heteroatoms. The number of nitrogens with zero attached hydrogens (tertiary/aromatic N) is 2. The summed E-state index contributed by atoms with van der Waals surface area (Å²) < 4.78 is 0. The molecule has 0 unspecified atom stereocenters. The molecule has 1 amide bonds. The van der Waals surface area contributed by atoms with E-state index in [1.165, 1.54) is 0 Å². The van der Waals surface area contributed by atoms with Gasteiger partial charge in [0.25, 0.3) is 0 Å². The van der Waals surface area contributed by atoms with Crippen LogP contribution in [0.1, 0.15) is 32.1 Å². The van der Waals surface area contributed by atoms with Gasteiger partial charge in [0.1, 0.15) is 5.41 Å². The van der Waals surface area contributed by atoms with Gasteiger partial charge in [-0.3, -0.25) is 9.78 Å². The third kappa shape index (κ3) is 2.47. The smallest absolute Gasteiger partial charge is 0.244 e. The first kappa shape index (κ1) is 13.6. The molecule has 1 heterocycles. The van der Waals surface area contributed by atoms with Crippen LogP contribution in [0.5, 0.6) is 0 Å². The number of aromatic nitrogens is 1. The summed E-state index contributed by atoms with van der Waals surface area (Å²) in [7, 11) is 0. The molecule has 1 aromatic carbocycles. The number of hydrogen-bond acceptors (Lipinski definition) is 3. The number of amides is 1. The molecule has 2 aromatic rings. The van der Waals surface area contributed by atoms with Crippen molar-refractivity contribution in [2.45, 2.75) is 32.1 Å². The van der Waals surface area contributed by atoms with Crippen LogP contribution in [0.15, 0.2) is 36.5 Å². The van der Waals surface area contributed by atoms with Crippen molar-refractivity contribution in [3.05, 3.63) is 36.5 Å². The summed E-state index contributed by atoms with van der Waals surface area (Å²) in [5.41, 5.74) is 0.561. The number of para-hydroxylation sites is 1. The molecule has 0 aliphatic heterocycles. The third-order valence-corrected chi connectivity index (χ3v) is 4.24. The van der Waals surface area contributed by atoms with Gasteiger partial charge in [0.15, 0.2) is 0 Å². The van der Waals surface area contributed by atoms with E-state index in [0.717, 1.165) is 30.2 Å². The molecule has 1 saturated carbocycles. The number of fused-ring (bicyclic) bond motifs is 1. The average Bonchev–Trinajstić information content (AvgIpc) is 2.56. The Morgan fingerprint density at radius 1 is 1.19 bits per heavy atom. The molecule has 0 saturated heterocycles. The van der Waals surface area contributed by atoms with Gasteiger partial charge >= 0.3 is 0 Å². The number of rotatable bonds is 2. The van der Waals surface area contributed by atoms with E-state index in [-0.39, 0.29) is 5.91 Å². The van der Waals surface area contributed by atoms with E-state index >= 15 is 0 Å². The zero-order valence-electron chi connectivity index (χ0n) is 11.8. The predicted octanol–water partition coefficient (Wildman–Crippen LogP) is 3.65. The lowest BCUT2D eigenvalue weighted by Crippen LogP contribution is -2.36. The van der Waals surface area contributed by atoms with Crippen LogP contribution < -0.4 is 5.32 Å². The molecule has 1 fully saturated rings. The number of nitriles is 1. The van der Waals surface area contributed by atoms with Gasteiger partial charge in [0.05, 0.1) is 17.3 Å². The largest absolute Gasteiger partial charge is 0.323 e. The van der Waals surface area contributed by atoms with E-state index < -0.39 is 5.41 Å². The molecular formula is C17H17N3O. The standard InChI is InChI=1S/C17H17N3O/c18-12-17(9-2-1-3-10-17)16(21)20-14-8-4-6-13-7-5-11-19-15(13)14/h4-8,11H,1-3,9-10H2,(H,20,21). The number of hydrogen-bond donors (Lipinski definition) is 1. The first-order chi connectivity index (χ1) is 10.2. The maximum absolute atomic E-state index is 12.6. The summed E-state index contributed by atoms with van der Waals surface area (Å²) in [6.07, 6.45) is 5.98. The van der Waals surface area contributed by atoms with Gasteiger partial charge in [-0.25, -0.2) is 0 Å². The molecule has 0 radical (unpaired) electrons. The van der Waals surface area contributed by atoms with Crippen LogP contribution in [-0.2, 0) is 4.79 Å². The molecule has 1 N–H and O–H groups in total. The number of benzene rings is 1. The highest BCUT2D eigenvalue weighted by Gasteiger charge is 2.39. The lowest BCUT2D eigenvalue weighted by Gasteiger charge is -2.29. The highest BCUT2D eigenvalue weighted by Crippen LogP contribution is 2.37. The van der Waals surface area contributed by atoms with Gasteiger partial charge < -0.3 is 5.32 Å². The summed E-state index contributed by atoms with van der Waals surface area (Å²) in [5, 5.41) is 13.4. The average molecular weight is 279 g/mol. The van der Waals surface area contributed by atoms with Crippen molar-refractivity contribution in [2.75, 3.05) is 5.32 Å². The zero-order chi connectivity index (χ0) is 14.7. The molecule has 3 rings (SSSR count). The Morgan fingerprint density at radius 2 is 1.95 bits per heavy atom. The Balaban J connectivity index is 1.91. The van der Waals surface area contributed by atoms with Gasteiger partial charge in [0.2, 0.25) is 5.91 Å². The van der Waals surface area contributed by atoms with Gasteiger partial charge in [-0.1, -0.05) is 37.5 Å². The molecule has 106 valence electrons. The van der Waals surface area contributed by atoms with Crippen molar-refractivity contribution in [1.29, 1.82) is 5.26 Å². The fraction of sp³-hybridized carbons (Fsp3) is 0.353. The third-order valence-electron chi connectivity index (χ3n) is 4.24. The number of nitrogens with one attached hydrogen (secondary N) is 1. The normalized spacial score (nSPS) is 17.1. The number of carbonyl (C=O) groups is 1. The molecule has 1 aliphatic rings. The molecule has 0 bridgehead atoms. The van der Waals surface area contributed by atoms with Crippen LogP contribution in [0.4, 0.5) is 5.69 Å². The maximum atomic E-state index is 12.6.